The van der Waals surface area contributed by atoms with E-state index in [4.69, 9.17) is 13.9 Å². The van der Waals surface area contributed by atoms with Crippen molar-refractivity contribution in [2.45, 2.75) is 33.3 Å². The molecule has 1 aromatic rings. The Bertz CT molecular complexity index is 512. The molecule has 0 fully saturated rings. The number of hydrogen-bond acceptors (Lipinski definition) is 5. The van der Waals surface area contributed by atoms with Crippen LogP contribution in [0.4, 0.5) is 0 Å². The van der Waals surface area contributed by atoms with Gasteiger partial charge in [0.15, 0.2) is 5.96 Å². The van der Waals surface area contributed by atoms with Crippen LogP contribution in [0.25, 0.3) is 0 Å². The molecule has 1 atom stereocenters. The molecule has 138 valence electrons. The summed E-state index contributed by atoms with van der Waals surface area (Å²) in [4.78, 5) is 4.47. The SMILES string of the molecule is CCNC(=NCC(C)(O)c1cc(C)oc1C)NCCOCCOC. The number of rotatable bonds is 10. The van der Waals surface area contributed by atoms with Crippen molar-refractivity contribution in [3.63, 3.8) is 0 Å². The van der Waals surface area contributed by atoms with E-state index in [0.29, 0.717) is 32.3 Å². The first-order valence-corrected chi connectivity index (χ1v) is 8.29. The summed E-state index contributed by atoms with van der Waals surface area (Å²) in [5, 5.41) is 17.0. The van der Waals surface area contributed by atoms with Gasteiger partial charge >= 0.3 is 0 Å². The summed E-state index contributed by atoms with van der Waals surface area (Å²) in [6.45, 7) is 10.8. The zero-order chi connectivity index (χ0) is 18.0. The third-order valence-electron chi connectivity index (χ3n) is 3.48. The van der Waals surface area contributed by atoms with E-state index >= 15 is 0 Å². The largest absolute Gasteiger partial charge is 0.466 e. The molecule has 0 aliphatic rings. The third-order valence-corrected chi connectivity index (χ3v) is 3.48. The minimum Gasteiger partial charge on any atom is -0.466 e. The first-order chi connectivity index (χ1) is 11.4. The fourth-order valence-corrected chi connectivity index (χ4v) is 2.31. The van der Waals surface area contributed by atoms with Gasteiger partial charge in [0, 0.05) is 25.8 Å². The highest BCUT2D eigenvalue weighted by molar-refractivity contribution is 5.79. The summed E-state index contributed by atoms with van der Waals surface area (Å²) in [5.74, 6) is 2.15. The van der Waals surface area contributed by atoms with Crippen LogP contribution in [0.2, 0.25) is 0 Å². The molecule has 3 N–H and O–H groups in total. The number of aliphatic hydroxyl groups is 1. The van der Waals surface area contributed by atoms with E-state index in [1.165, 1.54) is 0 Å². The standard InChI is InChI=1S/C17H31N3O4/c1-6-18-16(19-7-8-23-10-9-22-5)20-12-17(4,21)15-11-13(2)24-14(15)3/h11,21H,6-10,12H2,1-5H3,(H2,18,19,20). The highest BCUT2D eigenvalue weighted by Gasteiger charge is 2.27. The first-order valence-electron chi connectivity index (χ1n) is 8.29. The highest BCUT2D eigenvalue weighted by atomic mass is 16.5. The van der Waals surface area contributed by atoms with Gasteiger partial charge in [-0.3, -0.25) is 0 Å². The number of methoxy groups -OCH3 is 1. The Hall–Kier alpha value is -1.57. The van der Waals surface area contributed by atoms with Crippen LogP contribution >= 0.6 is 0 Å². The first kappa shape index (κ1) is 20.5. The average molecular weight is 341 g/mol. The Morgan fingerprint density at radius 1 is 1.29 bits per heavy atom. The zero-order valence-electron chi connectivity index (χ0n) is 15.4. The molecule has 0 amide bonds. The molecule has 0 bridgehead atoms. The molecule has 0 aliphatic carbocycles. The topological polar surface area (TPSA) is 88.3 Å². The number of aryl methyl sites for hydroxylation is 2. The van der Waals surface area contributed by atoms with Gasteiger partial charge in [0.1, 0.15) is 17.1 Å². The minimum atomic E-state index is -1.08. The maximum Gasteiger partial charge on any atom is 0.191 e. The van der Waals surface area contributed by atoms with Crippen LogP contribution in [0, 0.1) is 13.8 Å². The normalized spacial score (nSPS) is 14.5. The van der Waals surface area contributed by atoms with Crippen molar-refractivity contribution in [1.29, 1.82) is 0 Å². The lowest BCUT2D eigenvalue weighted by atomic mass is 9.96. The molecule has 0 aliphatic heterocycles. The third kappa shape index (κ3) is 6.90. The van der Waals surface area contributed by atoms with Crippen LogP contribution in [-0.2, 0) is 15.1 Å². The van der Waals surface area contributed by atoms with E-state index in [9.17, 15) is 5.11 Å². The van der Waals surface area contributed by atoms with Crippen molar-refractivity contribution in [2.75, 3.05) is 46.6 Å². The summed E-state index contributed by atoms with van der Waals surface area (Å²) < 4.78 is 15.8. The van der Waals surface area contributed by atoms with Crippen LogP contribution in [0.1, 0.15) is 30.9 Å². The summed E-state index contributed by atoms with van der Waals surface area (Å²) in [6, 6.07) is 1.86. The number of hydrogen-bond donors (Lipinski definition) is 3. The number of nitrogens with zero attached hydrogens (tertiary/aromatic N) is 1. The number of furan rings is 1. The van der Waals surface area contributed by atoms with Gasteiger partial charge in [0.05, 0.1) is 26.4 Å². The second kappa shape index (κ2) is 10.3. The van der Waals surface area contributed by atoms with E-state index in [0.717, 1.165) is 23.6 Å². The van der Waals surface area contributed by atoms with E-state index in [1.807, 2.05) is 26.8 Å². The summed E-state index contributed by atoms with van der Waals surface area (Å²) in [5.41, 5.74) is -0.318. The van der Waals surface area contributed by atoms with Crippen LogP contribution in [0.15, 0.2) is 15.5 Å². The number of aliphatic imine (C=N–C) groups is 1. The predicted octanol–water partition coefficient (Wildman–Crippen LogP) is 1.32. The van der Waals surface area contributed by atoms with Gasteiger partial charge in [0.2, 0.25) is 0 Å². The monoisotopic (exact) mass is 341 g/mol. The maximum atomic E-state index is 10.7. The lowest BCUT2D eigenvalue weighted by Gasteiger charge is -2.21. The van der Waals surface area contributed by atoms with Gasteiger partial charge in [-0.15, -0.1) is 0 Å². The van der Waals surface area contributed by atoms with Crippen molar-refractivity contribution >= 4 is 5.96 Å². The second-order valence-corrected chi connectivity index (χ2v) is 5.83. The van der Waals surface area contributed by atoms with Crippen LogP contribution in [0.3, 0.4) is 0 Å². The molecule has 0 saturated carbocycles. The lowest BCUT2D eigenvalue weighted by molar-refractivity contribution is 0.0655. The molecule has 0 radical (unpaired) electrons. The van der Waals surface area contributed by atoms with E-state index in [2.05, 4.69) is 15.6 Å². The average Bonchev–Trinajstić information content (AvgIpc) is 2.87. The van der Waals surface area contributed by atoms with Crippen LogP contribution < -0.4 is 10.6 Å². The highest BCUT2D eigenvalue weighted by Crippen LogP contribution is 2.27. The molecule has 7 heteroatoms. The molecule has 0 spiro atoms. The van der Waals surface area contributed by atoms with Gasteiger partial charge in [-0.05, 0) is 33.8 Å². The van der Waals surface area contributed by atoms with Gasteiger partial charge in [0.25, 0.3) is 0 Å². The van der Waals surface area contributed by atoms with Gasteiger partial charge in [-0.2, -0.15) is 0 Å². The number of guanidine groups is 1. The molecular formula is C17H31N3O4. The number of nitrogens with one attached hydrogen (secondary N) is 2. The molecule has 1 aromatic heterocycles. The predicted molar refractivity (Wildman–Crippen MR) is 94.4 cm³/mol. The van der Waals surface area contributed by atoms with Crippen molar-refractivity contribution in [3.05, 3.63) is 23.2 Å². The lowest BCUT2D eigenvalue weighted by Crippen LogP contribution is -2.40. The molecular weight excluding hydrogens is 310 g/mol. The van der Waals surface area contributed by atoms with Gasteiger partial charge < -0.3 is 29.6 Å². The van der Waals surface area contributed by atoms with Gasteiger partial charge in [-0.1, -0.05) is 0 Å². The Morgan fingerprint density at radius 2 is 2.04 bits per heavy atom. The Kier molecular flexibility index (Phi) is 8.81. The summed E-state index contributed by atoms with van der Waals surface area (Å²) in [7, 11) is 1.65. The fraction of sp³-hybridized carbons (Fsp3) is 0.706. The molecule has 0 saturated heterocycles. The smallest absolute Gasteiger partial charge is 0.191 e. The Balaban J connectivity index is 2.56. The summed E-state index contributed by atoms with van der Waals surface area (Å²) in [6.07, 6.45) is 0. The quantitative estimate of drug-likeness (QED) is 0.338. The molecule has 1 rings (SSSR count). The van der Waals surface area contributed by atoms with Crippen molar-refractivity contribution in [1.82, 2.24) is 10.6 Å². The zero-order valence-corrected chi connectivity index (χ0v) is 15.4. The molecule has 0 aromatic carbocycles. The Labute approximate surface area is 144 Å². The van der Waals surface area contributed by atoms with E-state index in [1.54, 1.807) is 14.0 Å². The van der Waals surface area contributed by atoms with E-state index < -0.39 is 5.60 Å². The van der Waals surface area contributed by atoms with Crippen LogP contribution in [-0.4, -0.2) is 57.6 Å². The molecule has 1 unspecified atom stereocenters. The van der Waals surface area contributed by atoms with E-state index in [-0.39, 0.29) is 6.54 Å². The minimum absolute atomic E-state index is 0.229. The maximum absolute atomic E-state index is 10.7. The second-order valence-electron chi connectivity index (χ2n) is 5.83. The molecule has 1 heterocycles. The Morgan fingerprint density at radius 3 is 2.62 bits per heavy atom. The molecule has 24 heavy (non-hydrogen) atoms. The fourth-order valence-electron chi connectivity index (χ4n) is 2.31. The molecule has 7 nitrogen and oxygen atoms in total. The van der Waals surface area contributed by atoms with Crippen molar-refractivity contribution in [2.24, 2.45) is 4.99 Å². The van der Waals surface area contributed by atoms with Crippen molar-refractivity contribution in [3.8, 4) is 0 Å². The number of ether oxygens (including phenoxy) is 2. The van der Waals surface area contributed by atoms with Crippen molar-refractivity contribution < 1.29 is 19.0 Å². The summed E-state index contributed by atoms with van der Waals surface area (Å²) >= 11 is 0. The van der Waals surface area contributed by atoms with Crippen LogP contribution in [0.5, 0.6) is 0 Å². The van der Waals surface area contributed by atoms with Gasteiger partial charge in [-0.25, -0.2) is 4.99 Å².